The van der Waals surface area contributed by atoms with E-state index in [2.05, 4.69) is 9.88 Å². The standard InChI is InChI=1S/C18H19N3O3/c22-17-21(12-18(24-17)11-20-7-4-14(18)5-8-20)16-9-13(10-23-16)15-3-1-2-6-19-15/h1-3,6,9-10,14H,4-5,7-8,11-12H2/t18-/m1/s1. The van der Waals surface area contributed by atoms with E-state index in [-0.39, 0.29) is 11.7 Å². The highest BCUT2D eigenvalue weighted by Gasteiger charge is 2.56. The van der Waals surface area contributed by atoms with Crippen molar-refractivity contribution in [1.29, 1.82) is 0 Å². The first-order chi connectivity index (χ1) is 11.7. The van der Waals surface area contributed by atoms with Gasteiger partial charge in [0.2, 0.25) is 5.88 Å². The van der Waals surface area contributed by atoms with E-state index in [1.54, 1.807) is 17.4 Å². The van der Waals surface area contributed by atoms with Crippen LogP contribution in [0.5, 0.6) is 0 Å². The van der Waals surface area contributed by atoms with Crippen molar-refractivity contribution >= 4 is 12.0 Å². The lowest BCUT2D eigenvalue weighted by Crippen LogP contribution is -2.61. The average molecular weight is 325 g/mol. The molecule has 1 atom stereocenters. The molecule has 2 aromatic rings. The fourth-order valence-electron chi connectivity index (χ4n) is 4.32. The molecular weight excluding hydrogens is 306 g/mol. The highest BCUT2D eigenvalue weighted by atomic mass is 16.6. The zero-order valence-corrected chi connectivity index (χ0v) is 13.4. The third-order valence-corrected chi connectivity index (χ3v) is 5.57. The molecule has 4 aliphatic heterocycles. The highest BCUT2D eigenvalue weighted by molar-refractivity contribution is 5.89. The van der Waals surface area contributed by atoms with E-state index in [0.717, 1.165) is 43.7 Å². The van der Waals surface area contributed by atoms with Gasteiger partial charge in [0, 0.05) is 30.3 Å². The summed E-state index contributed by atoms with van der Waals surface area (Å²) in [6.45, 7) is 3.65. The summed E-state index contributed by atoms with van der Waals surface area (Å²) in [4.78, 5) is 20.8. The Morgan fingerprint density at radius 2 is 2.08 bits per heavy atom. The summed E-state index contributed by atoms with van der Waals surface area (Å²) in [6, 6.07) is 7.59. The van der Waals surface area contributed by atoms with Gasteiger partial charge in [-0.2, -0.15) is 0 Å². The van der Waals surface area contributed by atoms with Crippen LogP contribution in [0.3, 0.4) is 0 Å². The zero-order chi connectivity index (χ0) is 16.1. The first kappa shape index (κ1) is 14.0. The van der Waals surface area contributed by atoms with Crippen molar-refractivity contribution in [3.05, 3.63) is 36.7 Å². The number of carbonyl (C=O) groups excluding carboxylic acids is 1. The number of anilines is 1. The van der Waals surface area contributed by atoms with Crippen LogP contribution in [-0.4, -0.2) is 47.8 Å². The molecule has 4 fully saturated rings. The Morgan fingerprint density at radius 3 is 2.79 bits per heavy atom. The smallest absolute Gasteiger partial charge is 0.417 e. The topological polar surface area (TPSA) is 58.8 Å². The van der Waals surface area contributed by atoms with Crippen LogP contribution in [-0.2, 0) is 4.74 Å². The van der Waals surface area contributed by atoms with Crippen molar-refractivity contribution < 1.29 is 13.9 Å². The number of hydrogen-bond donors (Lipinski definition) is 0. The first-order valence-electron chi connectivity index (χ1n) is 8.46. The average Bonchev–Trinajstić information content (AvgIpc) is 3.22. The van der Waals surface area contributed by atoms with Gasteiger partial charge in [-0.3, -0.25) is 9.88 Å². The van der Waals surface area contributed by atoms with Crippen LogP contribution in [0.15, 0.2) is 41.1 Å². The molecular formula is C18H19N3O3. The van der Waals surface area contributed by atoms with Crippen LogP contribution in [0.2, 0.25) is 0 Å². The number of aromatic nitrogens is 1. The maximum Gasteiger partial charge on any atom is 0.417 e. The van der Waals surface area contributed by atoms with Crippen molar-refractivity contribution in [3.63, 3.8) is 0 Å². The molecule has 4 saturated heterocycles. The van der Waals surface area contributed by atoms with Crippen molar-refractivity contribution in [2.45, 2.75) is 18.4 Å². The Hall–Kier alpha value is -2.34. The minimum Gasteiger partial charge on any atom is -0.448 e. The second kappa shape index (κ2) is 5.08. The predicted molar refractivity (Wildman–Crippen MR) is 87.7 cm³/mol. The number of nitrogens with zero attached hydrogens (tertiary/aromatic N) is 3. The molecule has 124 valence electrons. The van der Waals surface area contributed by atoms with Crippen LogP contribution in [0.4, 0.5) is 10.7 Å². The van der Waals surface area contributed by atoms with Gasteiger partial charge in [-0.25, -0.2) is 9.69 Å². The van der Waals surface area contributed by atoms with Gasteiger partial charge in [0.15, 0.2) is 0 Å². The van der Waals surface area contributed by atoms with E-state index in [0.29, 0.717) is 18.3 Å². The lowest BCUT2D eigenvalue weighted by molar-refractivity contribution is -0.0881. The van der Waals surface area contributed by atoms with Crippen LogP contribution in [0, 0.1) is 5.92 Å². The molecule has 6 heteroatoms. The normalized spacial score (nSPS) is 31.7. The molecule has 1 amide bonds. The first-order valence-corrected chi connectivity index (χ1v) is 8.46. The molecule has 0 unspecified atom stereocenters. The third-order valence-electron chi connectivity index (χ3n) is 5.57. The Kier molecular flexibility index (Phi) is 2.97. The Balaban J connectivity index is 1.42. The minimum absolute atomic E-state index is 0.300. The van der Waals surface area contributed by atoms with Gasteiger partial charge in [0.1, 0.15) is 11.9 Å². The second-order valence-corrected chi connectivity index (χ2v) is 6.96. The number of piperidine rings is 3. The molecule has 0 radical (unpaired) electrons. The van der Waals surface area contributed by atoms with E-state index in [1.807, 2.05) is 24.3 Å². The van der Waals surface area contributed by atoms with Gasteiger partial charge < -0.3 is 9.15 Å². The summed E-state index contributed by atoms with van der Waals surface area (Å²) in [5.41, 5.74) is 1.33. The summed E-state index contributed by atoms with van der Waals surface area (Å²) >= 11 is 0. The lowest BCUT2D eigenvalue weighted by Gasteiger charge is -2.49. The molecule has 0 saturated carbocycles. The number of hydrogen-bond acceptors (Lipinski definition) is 5. The molecule has 6 nitrogen and oxygen atoms in total. The molecule has 0 aromatic carbocycles. The van der Waals surface area contributed by atoms with Crippen LogP contribution in [0.1, 0.15) is 12.8 Å². The van der Waals surface area contributed by atoms with Gasteiger partial charge in [0.05, 0.1) is 12.2 Å². The largest absolute Gasteiger partial charge is 0.448 e. The van der Waals surface area contributed by atoms with E-state index >= 15 is 0 Å². The molecule has 0 aliphatic carbocycles. The minimum atomic E-state index is -0.370. The number of carbonyl (C=O) groups is 1. The molecule has 2 bridgehead atoms. The van der Waals surface area contributed by atoms with Gasteiger partial charge in [-0.15, -0.1) is 0 Å². The van der Waals surface area contributed by atoms with Crippen LogP contribution in [0.25, 0.3) is 11.3 Å². The Bertz CT molecular complexity index is 767. The fourth-order valence-corrected chi connectivity index (χ4v) is 4.32. The fraction of sp³-hybridized carbons (Fsp3) is 0.444. The van der Waals surface area contributed by atoms with Gasteiger partial charge in [-0.05, 0) is 38.1 Å². The summed E-state index contributed by atoms with van der Waals surface area (Å²) < 4.78 is 11.5. The molecule has 1 spiro atoms. The maximum absolute atomic E-state index is 12.5. The maximum atomic E-state index is 12.5. The monoisotopic (exact) mass is 325 g/mol. The Morgan fingerprint density at radius 1 is 1.21 bits per heavy atom. The quantitative estimate of drug-likeness (QED) is 0.850. The molecule has 2 aromatic heterocycles. The third kappa shape index (κ3) is 2.06. The van der Waals surface area contributed by atoms with E-state index in [1.165, 1.54) is 0 Å². The van der Waals surface area contributed by atoms with E-state index in [4.69, 9.17) is 9.15 Å². The molecule has 0 N–H and O–H groups in total. The lowest BCUT2D eigenvalue weighted by atomic mass is 9.75. The molecule has 6 rings (SSSR count). The summed E-state index contributed by atoms with van der Waals surface area (Å²) in [5.74, 6) is 0.996. The second-order valence-electron chi connectivity index (χ2n) is 6.96. The number of amides is 1. The van der Waals surface area contributed by atoms with Gasteiger partial charge in [-0.1, -0.05) is 6.07 Å². The summed E-state index contributed by atoms with van der Waals surface area (Å²) in [7, 11) is 0. The summed E-state index contributed by atoms with van der Waals surface area (Å²) in [5, 5.41) is 0. The SMILES string of the molecule is O=C1O[C@]2(CN3CCC2CC3)CN1c1cc(-c2ccccn2)co1. The number of rotatable bonds is 2. The number of pyridine rings is 1. The summed E-state index contributed by atoms with van der Waals surface area (Å²) in [6.07, 6.45) is 5.31. The molecule has 4 aliphatic rings. The zero-order valence-electron chi connectivity index (χ0n) is 13.4. The van der Waals surface area contributed by atoms with Crippen LogP contribution >= 0.6 is 0 Å². The van der Waals surface area contributed by atoms with E-state index in [9.17, 15) is 4.79 Å². The van der Waals surface area contributed by atoms with Gasteiger partial charge >= 0.3 is 6.09 Å². The van der Waals surface area contributed by atoms with Crippen molar-refractivity contribution in [3.8, 4) is 11.3 Å². The molecule has 6 heterocycles. The van der Waals surface area contributed by atoms with E-state index < -0.39 is 0 Å². The Labute approximate surface area is 140 Å². The van der Waals surface area contributed by atoms with Gasteiger partial charge in [0.25, 0.3) is 0 Å². The number of ether oxygens (including phenoxy) is 1. The predicted octanol–water partition coefficient (Wildman–Crippen LogP) is 2.76. The van der Waals surface area contributed by atoms with Crippen molar-refractivity contribution in [1.82, 2.24) is 9.88 Å². The number of furan rings is 1. The highest BCUT2D eigenvalue weighted by Crippen LogP contribution is 2.43. The van der Waals surface area contributed by atoms with Crippen molar-refractivity contribution in [2.75, 3.05) is 31.1 Å². The number of fused-ring (bicyclic) bond motifs is 2. The van der Waals surface area contributed by atoms with Crippen molar-refractivity contribution in [2.24, 2.45) is 5.92 Å². The van der Waals surface area contributed by atoms with Crippen LogP contribution < -0.4 is 4.90 Å². The molecule has 24 heavy (non-hydrogen) atoms.